The summed E-state index contributed by atoms with van der Waals surface area (Å²) >= 11 is 0. The lowest BCUT2D eigenvalue weighted by atomic mass is 10.1. The Morgan fingerprint density at radius 3 is 2.42 bits per heavy atom. The highest BCUT2D eigenvalue weighted by atomic mass is 16.2. The summed E-state index contributed by atoms with van der Waals surface area (Å²) < 4.78 is 3.82. The molecule has 0 saturated carbocycles. The minimum absolute atomic E-state index is 0.0169. The number of rotatable bonds is 2. The second-order valence-corrected chi connectivity index (χ2v) is 6.02. The van der Waals surface area contributed by atoms with Crippen LogP contribution in [-0.4, -0.2) is 20.0 Å². The molecule has 0 aliphatic heterocycles. The molecule has 0 spiro atoms. The van der Waals surface area contributed by atoms with Crippen LogP contribution in [0.15, 0.2) is 48.5 Å². The van der Waals surface area contributed by atoms with Gasteiger partial charge in [0, 0.05) is 17.4 Å². The third kappa shape index (κ3) is 1.92. The van der Waals surface area contributed by atoms with Crippen molar-refractivity contribution < 1.29 is 4.79 Å². The third-order valence-corrected chi connectivity index (χ3v) is 4.67. The van der Waals surface area contributed by atoms with Crippen molar-refractivity contribution in [2.75, 3.05) is 0 Å². The van der Waals surface area contributed by atoms with Gasteiger partial charge in [0.05, 0.1) is 11.0 Å². The van der Waals surface area contributed by atoms with Gasteiger partial charge in [0.2, 0.25) is 0 Å². The molecule has 0 amide bonds. The zero-order chi connectivity index (χ0) is 16.8. The maximum atomic E-state index is 13.4. The van der Waals surface area contributed by atoms with Crippen molar-refractivity contribution >= 4 is 27.8 Å². The Morgan fingerprint density at radius 1 is 1.00 bits per heavy atom. The molecule has 0 atom stereocenters. The molecule has 4 nitrogen and oxygen atoms in total. The summed E-state index contributed by atoms with van der Waals surface area (Å²) in [5, 5.41) is 1.13. The minimum Gasteiger partial charge on any atom is -0.337 e. The van der Waals surface area contributed by atoms with Crippen LogP contribution in [0.5, 0.6) is 0 Å². The van der Waals surface area contributed by atoms with E-state index in [4.69, 9.17) is 0 Å². The quantitative estimate of drug-likeness (QED) is 0.552. The van der Waals surface area contributed by atoms with Crippen LogP contribution in [0.3, 0.4) is 0 Å². The average molecular weight is 317 g/mol. The van der Waals surface area contributed by atoms with E-state index in [1.165, 1.54) is 0 Å². The van der Waals surface area contributed by atoms with Gasteiger partial charge in [-0.05, 0) is 44.5 Å². The molecular weight excluding hydrogens is 298 g/mol. The highest BCUT2D eigenvalue weighted by Gasteiger charge is 2.23. The van der Waals surface area contributed by atoms with Gasteiger partial charge in [0.25, 0.3) is 5.91 Å². The molecule has 2 aromatic carbocycles. The number of hydrogen-bond donors (Lipinski definition) is 0. The topological polar surface area (TPSA) is 39.8 Å². The number of aryl methyl sites for hydroxylation is 3. The summed E-state index contributed by atoms with van der Waals surface area (Å²) in [6.45, 7) is 6.73. The first kappa shape index (κ1) is 14.7. The maximum Gasteiger partial charge on any atom is 0.280 e. The first-order chi connectivity index (χ1) is 11.6. The Balaban J connectivity index is 2.02. The number of nitrogens with zero attached hydrogens (tertiary/aromatic N) is 3. The van der Waals surface area contributed by atoms with Crippen LogP contribution in [0.25, 0.3) is 21.9 Å². The summed E-state index contributed by atoms with van der Waals surface area (Å²) in [5.41, 5.74) is 4.56. The Kier molecular flexibility index (Phi) is 3.27. The molecule has 4 heteroatoms. The minimum atomic E-state index is -0.0169. The molecule has 0 bridgehead atoms. The summed E-state index contributed by atoms with van der Waals surface area (Å²) in [6, 6.07) is 15.9. The van der Waals surface area contributed by atoms with E-state index in [0.29, 0.717) is 5.82 Å². The van der Waals surface area contributed by atoms with Crippen LogP contribution in [0.4, 0.5) is 0 Å². The molecule has 0 N–H and O–H groups in total. The summed E-state index contributed by atoms with van der Waals surface area (Å²) in [7, 11) is 0. The lowest BCUT2D eigenvalue weighted by molar-refractivity contribution is 0.0953. The van der Waals surface area contributed by atoms with E-state index in [2.05, 4.69) is 28.6 Å². The summed E-state index contributed by atoms with van der Waals surface area (Å²) in [6.07, 6.45) is 0. The molecule has 120 valence electrons. The largest absolute Gasteiger partial charge is 0.337 e. The second-order valence-electron chi connectivity index (χ2n) is 6.02. The molecule has 4 rings (SSSR count). The molecule has 0 unspecified atom stereocenters. The smallest absolute Gasteiger partial charge is 0.280 e. The molecule has 0 aliphatic carbocycles. The van der Waals surface area contributed by atoms with Gasteiger partial charge in [-0.3, -0.25) is 9.36 Å². The van der Waals surface area contributed by atoms with Crippen molar-refractivity contribution in [3.05, 3.63) is 65.6 Å². The number of benzene rings is 2. The first-order valence-corrected chi connectivity index (χ1v) is 8.20. The van der Waals surface area contributed by atoms with Gasteiger partial charge < -0.3 is 4.57 Å². The molecule has 0 aliphatic rings. The predicted molar refractivity (Wildman–Crippen MR) is 96.5 cm³/mol. The monoisotopic (exact) mass is 317 g/mol. The van der Waals surface area contributed by atoms with Crippen molar-refractivity contribution in [2.45, 2.75) is 27.3 Å². The molecule has 24 heavy (non-hydrogen) atoms. The standard InChI is InChI=1S/C20H19N3O/c1-4-22-17-11-7-5-9-15(17)13(2)19(22)20(24)23-14(3)21-16-10-6-8-12-18(16)23/h5-12H,4H2,1-3H3. The van der Waals surface area contributed by atoms with E-state index in [0.717, 1.165) is 39.7 Å². The average Bonchev–Trinajstić information content (AvgIpc) is 3.08. The summed E-state index contributed by atoms with van der Waals surface area (Å²) in [4.78, 5) is 17.9. The molecule has 0 radical (unpaired) electrons. The van der Waals surface area contributed by atoms with E-state index in [-0.39, 0.29) is 5.91 Å². The Bertz CT molecular complexity index is 1090. The molecular formula is C20H19N3O. The lowest BCUT2D eigenvalue weighted by Gasteiger charge is -2.10. The van der Waals surface area contributed by atoms with Gasteiger partial charge in [-0.1, -0.05) is 30.3 Å². The zero-order valence-corrected chi connectivity index (χ0v) is 14.1. The maximum absolute atomic E-state index is 13.4. The van der Waals surface area contributed by atoms with Crippen molar-refractivity contribution in [1.82, 2.24) is 14.1 Å². The highest BCUT2D eigenvalue weighted by Crippen LogP contribution is 2.27. The fourth-order valence-electron chi connectivity index (χ4n) is 3.59. The van der Waals surface area contributed by atoms with Gasteiger partial charge >= 0.3 is 0 Å². The summed E-state index contributed by atoms with van der Waals surface area (Å²) in [5.74, 6) is 0.699. The Labute approximate surface area is 140 Å². The number of fused-ring (bicyclic) bond motifs is 2. The first-order valence-electron chi connectivity index (χ1n) is 8.20. The molecule has 2 heterocycles. The van der Waals surface area contributed by atoms with Gasteiger partial charge in [-0.2, -0.15) is 0 Å². The number of aromatic nitrogens is 3. The normalized spacial score (nSPS) is 11.5. The Morgan fingerprint density at radius 2 is 1.67 bits per heavy atom. The van der Waals surface area contributed by atoms with E-state index in [9.17, 15) is 4.79 Å². The molecule has 0 fully saturated rings. The number of hydrogen-bond acceptors (Lipinski definition) is 2. The van der Waals surface area contributed by atoms with Crippen molar-refractivity contribution in [2.24, 2.45) is 0 Å². The predicted octanol–water partition coefficient (Wildman–Crippen LogP) is 4.32. The van der Waals surface area contributed by atoms with Crippen molar-refractivity contribution in [3.63, 3.8) is 0 Å². The number of para-hydroxylation sites is 3. The van der Waals surface area contributed by atoms with E-state index >= 15 is 0 Å². The third-order valence-electron chi connectivity index (χ3n) is 4.67. The molecule has 2 aromatic heterocycles. The van der Waals surface area contributed by atoms with Crippen LogP contribution in [0.1, 0.15) is 28.8 Å². The fraction of sp³-hybridized carbons (Fsp3) is 0.200. The number of carbonyl (C=O) groups excluding carboxylic acids is 1. The van der Waals surface area contributed by atoms with Crippen molar-refractivity contribution in [1.29, 1.82) is 0 Å². The van der Waals surface area contributed by atoms with Crippen LogP contribution < -0.4 is 0 Å². The van der Waals surface area contributed by atoms with Crippen LogP contribution in [-0.2, 0) is 6.54 Å². The van der Waals surface area contributed by atoms with E-state index < -0.39 is 0 Å². The van der Waals surface area contributed by atoms with Gasteiger partial charge in [-0.15, -0.1) is 0 Å². The molecule has 0 saturated heterocycles. The Hall–Kier alpha value is -2.88. The molecule has 4 aromatic rings. The highest BCUT2D eigenvalue weighted by molar-refractivity contribution is 6.06. The van der Waals surface area contributed by atoms with Crippen LogP contribution in [0.2, 0.25) is 0 Å². The van der Waals surface area contributed by atoms with Crippen LogP contribution >= 0.6 is 0 Å². The van der Waals surface area contributed by atoms with Crippen molar-refractivity contribution in [3.8, 4) is 0 Å². The number of imidazole rings is 1. The van der Waals surface area contributed by atoms with Gasteiger partial charge in [0.15, 0.2) is 0 Å². The SMILES string of the molecule is CCn1c(C(=O)n2c(C)nc3ccccc32)c(C)c2ccccc21. The van der Waals surface area contributed by atoms with E-state index in [1.807, 2.05) is 50.2 Å². The fourth-order valence-corrected chi connectivity index (χ4v) is 3.59. The van der Waals surface area contributed by atoms with Gasteiger partial charge in [0.1, 0.15) is 11.5 Å². The van der Waals surface area contributed by atoms with E-state index in [1.54, 1.807) is 4.57 Å². The second kappa shape index (κ2) is 5.34. The number of carbonyl (C=O) groups is 1. The lowest BCUT2D eigenvalue weighted by Crippen LogP contribution is -2.19. The van der Waals surface area contributed by atoms with Gasteiger partial charge in [-0.25, -0.2) is 4.98 Å². The van der Waals surface area contributed by atoms with Crippen LogP contribution in [0, 0.1) is 13.8 Å². The zero-order valence-electron chi connectivity index (χ0n) is 14.1.